The van der Waals surface area contributed by atoms with Gasteiger partial charge >= 0.3 is 12.4 Å². The normalized spacial score (nSPS) is 23.2. The van der Waals surface area contributed by atoms with Gasteiger partial charge in [0.1, 0.15) is 30.1 Å². The first-order chi connectivity index (χ1) is 17.8. The summed E-state index contributed by atoms with van der Waals surface area (Å²) in [5.74, 6) is 0.123. The second-order valence-corrected chi connectivity index (χ2v) is 9.40. The van der Waals surface area contributed by atoms with Crippen molar-refractivity contribution in [3.8, 4) is 0 Å². The van der Waals surface area contributed by atoms with Gasteiger partial charge in [-0.1, -0.05) is 36.9 Å². The zero-order valence-electron chi connectivity index (χ0n) is 20.4. The highest BCUT2D eigenvalue weighted by molar-refractivity contribution is 5.37. The molecule has 38 heavy (non-hydrogen) atoms. The number of piperidine rings is 1. The Labute approximate surface area is 215 Å². The Morgan fingerprint density at radius 1 is 1.03 bits per heavy atom. The Morgan fingerprint density at radius 2 is 1.61 bits per heavy atom. The van der Waals surface area contributed by atoms with Gasteiger partial charge in [0.05, 0.1) is 23.3 Å². The summed E-state index contributed by atoms with van der Waals surface area (Å²) in [6.45, 7) is 5.43. The van der Waals surface area contributed by atoms with Gasteiger partial charge in [0.25, 0.3) is 0 Å². The molecule has 1 aliphatic rings. The van der Waals surface area contributed by atoms with Crippen LogP contribution in [0.2, 0.25) is 0 Å². The molecule has 0 spiro atoms. The van der Waals surface area contributed by atoms with Gasteiger partial charge in [-0.2, -0.15) is 26.3 Å². The third kappa shape index (κ3) is 5.28. The van der Waals surface area contributed by atoms with E-state index in [1.54, 1.807) is 16.7 Å². The summed E-state index contributed by atoms with van der Waals surface area (Å²) in [5.41, 5.74) is -4.18. The zero-order chi connectivity index (χ0) is 27.8. The molecule has 1 saturated heterocycles. The molecule has 204 valence electrons. The fourth-order valence-electron chi connectivity index (χ4n) is 4.76. The van der Waals surface area contributed by atoms with E-state index in [0.717, 1.165) is 5.56 Å². The number of alkyl halides is 6. The fourth-order valence-corrected chi connectivity index (χ4v) is 4.76. The molecule has 0 unspecified atom stereocenters. The minimum atomic E-state index is -4.97. The second-order valence-electron chi connectivity index (χ2n) is 9.40. The number of benzene rings is 2. The quantitative estimate of drug-likeness (QED) is 0.303. The number of aliphatic hydroxyl groups excluding tert-OH is 1. The molecule has 1 aromatic heterocycles. The van der Waals surface area contributed by atoms with Crippen molar-refractivity contribution >= 4 is 0 Å². The maximum Gasteiger partial charge on any atom is 0.416 e. The monoisotopic (exact) mass is 540 g/mol. The van der Waals surface area contributed by atoms with E-state index in [1.807, 2.05) is 18.2 Å². The molecule has 0 amide bonds. The molecule has 12 heteroatoms. The van der Waals surface area contributed by atoms with E-state index in [2.05, 4.69) is 22.1 Å². The van der Waals surface area contributed by atoms with Gasteiger partial charge in [-0.05, 0) is 49.1 Å². The molecular formula is C26H26F6N4O2. The predicted octanol–water partition coefficient (Wildman–Crippen LogP) is 5.57. The number of aliphatic hydroxyl groups is 1. The molecule has 6 nitrogen and oxygen atoms in total. The number of hydrogen-bond donors (Lipinski definition) is 2. The van der Waals surface area contributed by atoms with Crippen molar-refractivity contribution in [1.29, 1.82) is 0 Å². The van der Waals surface area contributed by atoms with E-state index in [-0.39, 0.29) is 30.5 Å². The highest BCUT2D eigenvalue weighted by Gasteiger charge is 2.47. The van der Waals surface area contributed by atoms with E-state index in [4.69, 9.17) is 4.74 Å². The van der Waals surface area contributed by atoms with E-state index in [0.29, 0.717) is 25.0 Å². The lowest BCUT2D eigenvalue weighted by molar-refractivity contribution is -0.143. The number of nitrogens with one attached hydrogen (secondary N) is 1. The van der Waals surface area contributed by atoms with Gasteiger partial charge in [-0.15, -0.1) is 10.2 Å². The van der Waals surface area contributed by atoms with Crippen LogP contribution in [-0.4, -0.2) is 33.0 Å². The molecule has 0 aliphatic carbocycles. The number of aromatic nitrogens is 3. The average Bonchev–Trinajstić information content (AvgIpc) is 3.43. The van der Waals surface area contributed by atoms with E-state index in [9.17, 15) is 31.4 Å². The van der Waals surface area contributed by atoms with Gasteiger partial charge in [0, 0.05) is 6.54 Å². The van der Waals surface area contributed by atoms with Crippen LogP contribution < -0.4 is 5.32 Å². The maximum atomic E-state index is 13.4. The summed E-state index contributed by atoms with van der Waals surface area (Å²) < 4.78 is 88.0. The van der Waals surface area contributed by atoms with Crippen LogP contribution in [0.5, 0.6) is 0 Å². The van der Waals surface area contributed by atoms with Crippen molar-refractivity contribution in [2.45, 2.75) is 49.3 Å². The minimum Gasteiger partial charge on any atom is -0.489 e. The molecular weight excluding hydrogens is 514 g/mol. The molecule has 4 rings (SSSR count). The van der Waals surface area contributed by atoms with Crippen LogP contribution in [0.25, 0.3) is 0 Å². The topological polar surface area (TPSA) is 72.2 Å². The van der Waals surface area contributed by atoms with Crippen molar-refractivity contribution < 1.29 is 36.2 Å². The molecule has 2 aromatic carbocycles. The van der Waals surface area contributed by atoms with Crippen LogP contribution in [0, 0.1) is 0 Å². The van der Waals surface area contributed by atoms with Crippen LogP contribution in [0.4, 0.5) is 26.3 Å². The fraction of sp³-hybridized carbons (Fsp3) is 0.385. The summed E-state index contributed by atoms with van der Waals surface area (Å²) in [4.78, 5) is 0. The number of nitrogens with zero attached hydrogens (tertiary/aromatic N) is 3. The smallest absolute Gasteiger partial charge is 0.416 e. The molecule has 1 aliphatic heterocycles. The second kappa shape index (κ2) is 10.1. The number of halogens is 6. The first kappa shape index (κ1) is 27.6. The Hall–Kier alpha value is -3.38. The van der Waals surface area contributed by atoms with Gasteiger partial charge in [0.15, 0.2) is 0 Å². The Bertz CT molecular complexity index is 1220. The van der Waals surface area contributed by atoms with Crippen LogP contribution in [0.15, 0.2) is 73.5 Å². The molecule has 1 fully saturated rings. The average molecular weight is 541 g/mol. The first-order valence-electron chi connectivity index (χ1n) is 11.7. The van der Waals surface area contributed by atoms with E-state index in [1.165, 1.54) is 19.6 Å². The van der Waals surface area contributed by atoms with Crippen LogP contribution in [0.3, 0.4) is 0 Å². The molecule has 0 saturated carbocycles. The van der Waals surface area contributed by atoms with Gasteiger partial charge in [-0.25, -0.2) is 0 Å². The summed E-state index contributed by atoms with van der Waals surface area (Å²) >= 11 is 0. The van der Waals surface area contributed by atoms with Crippen molar-refractivity contribution in [2.75, 3.05) is 13.2 Å². The SMILES string of the molecule is C=C(O[C@H](C)c1cc(C(F)(F)F)cc(C(F)(F)F)c1)[C@@]1(c2ccccc2)CC[C@@](CO)(n2cnnc2)CN1. The lowest BCUT2D eigenvalue weighted by Crippen LogP contribution is -2.59. The Morgan fingerprint density at radius 3 is 2.08 bits per heavy atom. The third-order valence-corrected chi connectivity index (χ3v) is 7.09. The summed E-state index contributed by atoms with van der Waals surface area (Å²) in [6.07, 6.45) is -7.38. The van der Waals surface area contributed by atoms with Crippen molar-refractivity contribution in [3.05, 3.63) is 95.8 Å². The first-order valence-corrected chi connectivity index (χ1v) is 11.7. The van der Waals surface area contributed by atoms with Crippen molar-refractivity contribution in [3.63, 3.8) is 0 Å². The van der Waals surface area contributed by atoms with Gasteiger partial charge < -0.3 is 14.4 Å². The van der Waals surface area contributed by atoms with Gasteiger partial charge in [0.2, 0.25) is 0 Å². The van der Waals surface area contributed by atoms with Crippen LogP contribution >= 0.6 is 0 Å². The van der Waals surface area contributed by atoms with Crippen LogP contribution in [-0.2, 0) is 28.2 Å². The van der Waals surface area contributed by atoms with E-state index >= 15 is 0 Å². The molecule has 2 N–H and O–H groups in total. The third-order valence-electron chi connectivity index (χ3n) is 7.09. The van der Waals surface area contributed by atoms with Crippen LogP contribution in [0.1, 0.15) is 48.1 Å². The Kier molecular flexibility index (Phi) is 7.32. The molecule has 0 radical (unpaired) electrons. The summed E-state index contributed by atoms with van der Waals surface area (Å²) in [5, 5.41) is 21.2. The van der Waals surface area contributed by atoms with Crippen molar-refractivity contribution in [2.24, 2.45) is 0 Å². The van der Waals surface area contributed by atoms with E-state index < -0.39 is 40.7 Å². The molecule has 2 heterocycles. The highest BCUT2D eigenvalue weighted by atomic mass is 19.4. The minimum absolute atomic E-state index is 0.0820. The van der Waals surface area contributed by atoms with Crippen molar-refractivity contribution in [1.82, 2.24) is 20.1 Å². The molecule has 3 atom stereocenters. The standard InChI is InChI=1S/C26H26F6N4O2/c1-17(19-10-21(25(27,28)29)12-22(11-19)26(30,31)32)38-18(2)24(20-6-4-3-5-7-20)9-8-23(14-37,13-33-24)36-15-34-35-16-36/h3-7,10-12,15-17,33,37H,2,8-9,13-14H2,1H3/t17-,23-,24-/m1/s1. The number of hydrogen-bond acceptors (Lipinski definition) is 5. The summed E-state index contributed by atoms with van der Waals surface area (Å²) in [6, 6.07) is 10.4. The number of ether oxygens (including phenoxy) is 1. The highest BCUT2D eigenvalue weighted by Crippen LogP contribution is 2.44. The molecule has 3 aromatic rings. The molecule has 0 bridgehead atoms. The van der Waals surface area contributed by atoms with Gasteiger partial charge in [-0.3, -0.25) is 5.32 Å². The lowest BCUT2D eigenvalue weighted by Gasteiger charge is -2.48. The largest absolute Gasteiger partial charge is 0.489 e. The lowest BCUT2D eigenvalue weighted by atomic mass is 9.75. The number of rotatable bonds is 7. The summed E-state index contributed by atoms with van der Waals surface area (Å²) in [7, 11) is 0. The zero-order valence-corrected chi connectivity index (χ0v) is 20.4. The predicted molar refractivity (Wildman–Crippen MR) is 126 cm³/mol. The Balaban J connectivity index is 1.66. The maximum absolute atomic E-state index is 13.4.